The summed E-state index contributed by atoms with van der Waals surface area (Å²) in [5.74, 6) is 1.74. The van der Waals surface area contributed by atoms with Crippen molar-refractivity contribution in [2.45, 2.75) is 26.3 Å². The molecular weight excluding hydrogens is 298 g/mol. The van der Waals surface area contributed by atoms with E-state index in [0.717, 1.165) is 37.6 Å². The third kappa shape index (κ3) is 5.95. The maximum Gasteiger partial charge on any atom is 0.191 e. The van der Waals surface area contributed by atoms with Crippen molar-refractivity contribution in [2.24, 2.45) is 4.99 Å². The van der Waals surface area contributed by atoms with Crippen LogP contribution in [-0.4, -0.2) is 26.7 Å². The Morgan fingerprint density at radius 1 is 0.958 bits per heavy atom. The molecule has 0 aliphatic heterocycles. The van der Waals surface area contributed by atoms with Crippen molar-refractivity contribution in [2.75, 3.05) is 20.7 Å². The number of aryl methyl sites for hydroxylation is 2. The first kappa shape index (κ1) is 17.9. The molecule has 0 atom stereocenters. The zero-order valence-electron chi connectivity index (χ0n) is 14.8. The highest BCUT2D eigenvalue weighted by molar-refractivity contribution is 5.79. The molecule has 0 aliphatic carbocycles. The van der Waals surface area contributed by atoms with Gasteiger partial charge in [0.05, 0.1) is 7.11 Å². The van der Waals surface area contributed by atoms with Crippen molar-refractivity contribution in [3.63, 3.8) is 0 Å². The second-order valence-electron chi connectivity index (χ2n) is 5.79. The van der Waals surface area contributed by atoms with Crippen molar-refractivity contribution in [3.05, 3.63) is 65.2 Å². The summed E-state index contributed by atoms with van der Waals surface area (Å²) < 4.78 is 5.17. The second-order valence-corrected chi connectivity index (χ2v) is 5.79. The first-order chi connectivity index (χ1) is 11.7. The summed E-state index contributed by atoms with van der Waals surface area (Å²) in [7, 11) is 3.49. The predicted molar refractivity (Wildman–Crippen MR) is 101 cm³/mol. The van der Waals surface area contributed by atoms with Crippen LogP contribution in [0.25, 0.3) is 0 Å². The molecule has 2 aromatic rings. The molecule has 0 aromatic heterocycles. The number of methoxy groups -OCH3 is 1. The summed E-state index contributed by atoms with van der Waals surface area (Å²) in [5, 5.41) is 6.70. The van der Waals surface area contributed by atoms with E-state index in [2.05, 4.69) is 58.9 Å². The number of nitrogens with zero attached hydrogens (tertiary/aromatic N) is 1. The molecular formula is C20H27N3O. The summed E-state index contributed by atoms with van der Waals surface area (Å²) >= 11 is 0. The molecule has 0 amide bonds. The van der Waals surface area contributed by atoms with Crippen LogP contribution in [0.15, 0.2) is 53.5 Å². The number of ether oxygens (including phenoxy) is 1. The molecule has 0 fully saturated rings. The van der Waals surface area contributed by atoms with E-state index >= 15 is 0 Å². The number of hydrogen-bond donors (Lipinski definition) is 2. The quantitative estimate of drug-likeness (QED) is 0.466. The number of rotatable bonds is 7. The van der Waals surface area contributed by atoms with Gasteiger partial charge in [-0.2, -0.15) is 0 Å². The fourth-order valence-electron chi connectivity index (χ4n) is 2.40. The van der Waals surface area contributed by atoms with Crippen LogP contribution >= 0.6 is 0 Å². The van der Waals surface area contributed by atoms with Gasteiger partial charge in [-0.1, -0.05) is 42.0 Å². The summed E-state index contributed by atoms with van der Waals surface area (Å²) in [4.78, 5) is 4.27. The SMILES string of the molecule is CN=C(NCCCc1ccc(OC)cc1)NCc1ccc(C)cc1. The Bertz CT molecular complexity index is 633. The molecule has 0 aliphatic rings. The Hall–Kier alpha value is -2.49. The fourth-order valence-corrected chi connectivity index (χ4v) is 2.40. The molecule has 0 saturated carbocycles. The Balaban J connectivity index is 1.68. The Labute approximate surface area is 145 Å². The van der Waals surface area contributed by atoms with Crippen LogP contribution in [0.1, 0.15) is 23.1 Å². The molecule has 128 valence electrons. The van der Waals surface area contributed by atoms with E-state index in [4.69, 9.17) is 4.74 Å². The molecule has 0 bridgehead atoms. The van der Waals surface area contributed by atoms with Gasteiger partial charge in [0.25, 0.3) is 0 Å². The number of benzene rings is 2. The van der Waals surface area contributed by atoms with Crippen LogP contribution in [0, 0.1) is 6.92 Å². The Morgan fingerprint density at radius 3 is 2.25 bits per heavy atom. The topological polar surface area (TPSA) is 45.7 Å². The van der Waals surface area contributed by atoms with Gasteiger partial charge in [0.15, 0.2) is 5.96 Å². The average molecular weight is 325 g/mol. The van der Waals surface area contributed by atoms with Gasteiger partial charge in [-0.3, -0.25) is 4.99 Å². The van der Waals surface area contributed by atoms with E-state index in [-0.39, 0.29) is 0 Å². The normalized spacial score (nSPS) is 11.2. The lowest BCUT2D eigenvalue weighted by Gasteiger charge is -2.12. The van der Waals surface area contributed by atoms with Crippen molar-refractivity contribution in [1.29, 1.82) is 0 Å². The van der Waals surface area contributed by atoms with Crippen molar-refractivity contribution in [3.8, 4) is 5.75 Å². The maximum atomic E-state index is 5.17. The van der Waals surface area contributed by atoms with E-state index in [0.29, 0.717) is 0 Å². The molecule has 2 N–H and O–H groups in total. The third-order valence-corrected chi connectivity index (χ3v) is 3.90. The molecule has 4 heteroatoms. The zero-order valence-corrected chi connectivity index (χ0v) is 14.8. The summed E-state index contributed by atoms with van der Waals surface area (Å²) in [6.07, 6.45) is 2.09. The molecule has 0 saturated heterocycles. The standard InChI is InChI=1S/C20H27N3O/c1-16-6-8-18(9-7-16)15-23-20(21-2)22-14-4-5-17-10-12-19(24-3)13-11-17/h6-13H,4-5,14-15H2,1-3H3,(H2,21,22,23). The van der Waals surface area contributed by atoms with Gasteiger partial charge in [0, 0.05) is 20.1 Å². The van der Waals surface area contributed by atoms with Gasteiger partial charge >= 0.3 is 0 Å². The average Bonchev–Trinajstić information content (AvgIpc) is 2.63. The number of guanidine groups is 1. The van der Waals surface area contributed by atoms with Crippen molar-refractivity contribution >= 4 is 5.96 Å². The monoisotopic (exact) mass is 325 g/mol. The molecule has 4 nitrogen and oxygen atoms in total. The van der Waals surface area contributed by atoms with Gasteiger partial charge in [-0.15, -0.1) is 0 Å². The summed E-state index contributed by atoms with van der Waals surface area (Å²) in [5.41, 5.74) is 3.85. The molecule has 2 rings (SSSR count). The van der Waals surface area contributed by atoms with Crippen LogP contribution in [0.4, 0.5) is 0 Å². The lowest BCUT2D eigenvalue weighted by molar-refractivity contribution is 0.414. The molecule has 0 heterocycles. The van der Waals surface area contributed by atoms with E-state index in [1.165, 1.54) is 16.7 Å². The maximum absolute atomic E-state index is 5.17. The minimum absolute atomic E-state index is 0.776. The Kier molecular flexibility index (Phi) is 7.15. The van der Waals surface area contributed by atoms with Gasteiger partial charge in [-0.05, 0) is 43.0 Å². The minimum atomic E-state index is 0.776. The number of nitrogens with one attached hydrogen (secondary N) is 2. The van der Waals surface area contributed by atoms with Crippen LogP contribution in [0.3, 0.4) is 0 Å². The molecule has 2 aromatic carbocycles. The van der Waals surface area contributed by atoms with Gasteiger partial charge in [-0.25, -0.2) is 0 Å². The van der Waals surface area contributed by atoms with Gasteiger partial charge in [0.1, 0.15) is 5.75 Å². The number of hydrogen-bond acceptors (Lipinski definition) is 2. The predicted octanol–water partition coefficient (Wildman–Crippen LogP) is 3.30. The fraction of sp³-hybridized carbons (Fsp3) is 0.350. The molecule has 24 heavy (non-hydrogen) atoms. The van der Waals surface area contributed by atoms with Gasteiger partial charge < -0.3 is 15.4 Å². The van der Waals surface area contributed by atoms with Crippen LogP contribution < -0.4 is 15.4 Å². The van der Waals surface area contributed by atoms with Crippen LogP contribution in [-0.2, 0) is 13.0 Å². The smallest absolute Gasteiger partial charge is 0.191 e. The molecule has 0 unspecified atom stereocenters. The van der Waals surface area contributed by atoms with Crippen LogP contribution in [0.2, 0.25) is 0 Å². The Morgan fingerprint density at radius 2 is 1.62 bits per heavy atom. The second kappa shape index (κ2) is 9.60. The largest absolute Gasteiger partial charge is 0.497 e. The number of aliphatic imine (C=N–C) groups is 1. The van der Waals surface area contributed by atoms with Crippen LogP contribution in [0.5, 0.6) is 5.75 Å². The summed E-state index contributed by atoms with van der Waals surface area (Å²) in [6.45, 7) is 3.76. The minimum Gasteiger partial charge on any atom is -0.497 e. The van der Waals surface area contributed by atoms with E-state index in [1.807, 2.05) is 12.1 Å². The zero-order chi connectivity index (χ0) is 17.2. The highest BCUT2D eigenvalue weighted by Gasteiger charge is 1.99. The van der Waals surface area contributed by atoms with Gasteiger partial charge in [0.2, 0.25) is 0 Å². The first-order valence-electron chi connectivity index (χ1n) is 8.34. The summed E-state index contributed by atoms with van der Waals surface area (Å²) in [6, 6.07) is 16.8. The molecule has 0 spiro atoms. The third-order valence-electron chi connectivity index (χ3n) is 3.90. The lowest BCUT2D eigenvalue weighted by atomic mass is 10.1. The molecule has 0 radical (unpaired) electrons. The van der Waals surface area contributed by atoms with Crippen molar-refractivity contribution < 1.29 is 4.74 Å². The first-order valence-corrected chi connectivity index (χ1v) is 8.34. The van der Waals surface area contributed by atoms with E-state index in [9.17, 15) is 0 Å². The van der Waals surface area contributed by atoms with E-state index in [1.54, 1.807) is 14.2 Å². The van der Waals surface area contributed by atoms with Crippen molar-refractivity contribution in [1.82, 2.24) is 10.6 Å². The van der Waals surface area contributed by atoms with E-state index < -0.39 is 0 Å². The highest BCUT2D eigenvalue weighted by Crippen LogP contribution is 2.12. The lowest BCUT2D eigenvalue weighted by Crippen LogP contribution is -2.37. The highest BCUT2D eigenvalue weighted by atomic mass is 16.5.